The molecule has 3 aromatic carbocycles. The lowest BCUT2D eigenvalue weighted by molar-refractivity contribution is -0.115. The summed E-state index contributed by atoms with van der Waals surface area (Å²) in [6.07, 6.45) is 0. The summed E-state index contributed by atoms with van der Waals surface area (Å²) in [4.78, 5) is 27.3. The molecular weight excluding hydrogens is 404 g/mol. The largest absolute Gasteiger partial charge is 0.322 e. The van der Waals surface area contributed by atoms with Gasteiger partial charge in [0.15, 0.2) is 0 Å². The van der Waals surface area contributed by atoms with Crippen molar-refractivity contribution in [3.05, 3.63) is 95.1 Å². The molecule has 1 saturated heterocycles. The van der Waals surface area contributed by atoms with Crippen molar-refractivity contribution < 1.29 is 9.59 Å². The molecule has 3 aromatic rings. The fourth-order valence-corrected chi connectivity index (χ4v) is 4.93. The van der Waals surface area contributed by atoms with Gasteiger partial charge >= 0.3 is 0 Å². The highest BCUT2D eigenvalue weighted by molar-refractivity contribution is 8.00. The number of hydrogen-bond acceptors (Lipinski definition) is 3. The van der Waals surface area contributed by atoms with Crippen molar-refractivity contribution in [3.63, 3.8) is 0 Å². The Kier molecular flexibility index (Phi) is 6.14. The van der Waals surface area contributed by atoms with E-state index in [1.807, 2.05) is 72.5 Å². The van der Waals surface area contributed by atoms with Crippen molar-refractivity contribution in [1.82, 2.24) is 0 Å². The Morgan fingerprint density at radius 2 is 1.77 bits per heavy atom. The van der Waals surface area contributed by atoms with Gasteiger partial charge in [-0.15, -0.1) is 11.8 Å². The van der Waals surface area contributed by atoms with E-state index >= 15 is 0 Å². The fourth-order valence-electron chi connectivity index (χ4n) is 3.77. The zero-order valence-corrected chi connectivity index (χ0v) is 18.8. The molecule has 1 aliphatic rings. The van der Waals surface area contributed by atoms with E-state index in [9.17, 15) is 9.59 Å². The van der Waals surface area contributed by atoms with Crippen LogP contribution in [0.15, 0.2) is 72.8 Å². The predicted molar refractivity (Wildman–Crippen MR) is 129 cm³/mol. The van der Waals surface area contributed by atoms with Gasteiger partial charge in [-0.2, -0.15) is 0 Å². The molecule has 1 aliphatic heterocycles. The van der Waals surface area contributed by atoms with Crippen LogP contribution in [0.25, 0.3) is 0 Å². The molecule has 31 heavy (non-hydrogen) atoms. The molecule has 1 N–H and O–H groups in total. The van der Waals surface area contributed by atoms with E-state index in [0.29, 0.717) is 17.2 Å². The molecule has 4 rings (SSSR count). The average molecular weight is 431 g/mol. The highest BCUT2D eigenvalue weighted by Gasteiger charge is 2.34. The molecule has 0 radical (unpaired) electrons. The van der Waals surface area contributed by atoms with E-state index < -0.39 is 0 Å². The molecule has 158 valence electrons. The molecule has 1 fully saturated rings. The Morgan fingerprint density at radius 1 is 1.03 bits per heavy atom. The summed E-state index contributed by atoms with van der Waals surface area (Å²) in [6.45, 7) is 6.24. The molecule has 2 amide bonds. The van der Waals surface area contributed by atoms with Crippen LogP contribution in [0.1, 0.15) is 52.2 Å². The van der Waals surface area contributed by atoms with Crippen molar-refractivity contribution >= 4 is 35.0 Å². The van der Waals surface area contributed by atoms with Crippen molar-refractivity contribution in [1.29, 1.82) is 0 Å². The smallest absolute Gasteiger partial charge is 0.255 e. The lowest BCUT2D eigenvalue weighted by Gasteiger charge is -2.25. The molecule has 1 heterocycles. The topological polar surface area (TPSA) is 49.4 Å². The van der Waals surface area contributed by atoms with E-state index in [-0.39, 0.29) is 17.2 Å². The predicted octanol–water partition coefficient (Wildman–Crippen LogP) is 6.15. The molecular formula is C26H26N2O2S. The maximum atomic E-state index is 12.7. The van der Waals surface area contributed by atoms with Crippen molar-refractivity contribution in [2.75, 3.05) is 16.0 Å². The maximum absolute atomic E-state index is 12.7. The summed E-state index contributed by atoms with van der Waals surface area (Å²) in [5.74, 6) is 0.853. The van der Waals surface area contributed by atoms with Crippen LogP contribution in [0.5, 0.6) is 0 Å². The second-order valence-corrected chi connectivity index (χ2v) is 9.14. The van der Waals surface area contributed by atoms with E-state index in [0.717, 1.165) is 22.5 Å². The molecule has 0 bridgehead atoms. The molecule has 0 aromatic heterocycles. The number of aryl methyl sites for hydroxylation is 1. The van der Waals surface area contributed by atoms with Crippen LogP contribution in [0, 0.1) is 6.92 Å². The Labute approximate surface area is 187 Å². The van der Waals surface area contributed by atoms with Crippen molar-refractivity contribution in [2.24, 2.45) is 0 Å². The first-order valence-corrected chi connectivity index (χ1v) is 11.5. The van der Waals surface area contributed by atoms with Crippen LogP contribution < -0.4 is 10.2 Å². The minimum atomic E-state index is -0.133. The van der Waals surface area contributed by atoms with Crippen LogP contribution in [0.3, 0.4) is 0 Å². The number of anilines is 2. The van der Waals surface area contributed by atoms with E-state index in [4.69, 9.17) is 0 Å². The van der Waals surface area contributed by atoms with E-state index in [2.05, 4.69) is 31.3 Å². The van der Waals surface area contributed by atoms with Gasteiger partial charge in [0.25, 0.3) is 5.91 Å². The average Bonchev–Trinajstić information content (AvgIpc) is 3.15. The molecule has 0 saturated carbocycles. The van der Waals surface area contributed by atoms with Crippen molar-refractivity contribution in [3.8, 4) is 0 Å². The quantitative estimate of drug-likeness (QED) is 0.528. The Bertz CT molecular complexity index is 1110. The standard InChI is InChI=1S/C26H26N2O2S/c1-17(2)19-11-13-22(14-12-19)28-24(29)16-31-26(28)20-8-6-9-21(15-20)27-25(30)23-10-5-4-7-18(23)3/h4-15,17,26H,16H2,1-3H3,(H,27,30)/t26-/m1/s1. The fraction of sp³-hybridized carbons (Fsp3) is 0.231. The normalized spacial score (nSPS) is 16.1. The van der Waals surface area contributed by atoms with Crippen LogP contribution in [0.2, 0.25) is 0 Å². The molecule has 0 unspecified atom stereocenters. The van der Waals surface area contributed by atoms with Crippen LogP contribution in [0.4, 0.5) is 11.4 Å². The third-order valence-electron chi connectivity index (χ3n) is 5.53. The zero-order valence-electron chi connectivity index (χ0n) is 18.0. The number of carbonyl (C=O) groups is 2. The Hall–Kier alpha value is -3.05. The summed E-state index contributed by atoms with van der Waals surface area (Å²) in [6, 6.07) is 23.5. The van der Waals surface area contributed by atoms with Gasteiger partial charge in [0.1, 0.15) is 5.37 Å². The summed E-state index contributed by atoms with van der Waals surface area (Å²) in [5.41, 5.74) is 5.46. The minimum Gasteiger partial charge on any atom is -0.322 e. The number of carbonyl (C=O) groups excluding carboxylic acids is 2. The van der Waals surface area contributed by atoms with Crippen LogP contribution >= 0.6 is 11.8 Å². The van der Waals surface area contributed by atoms with Gasteiger partial charge in [-0.1, -0.05) is 56.3 Å². The maximum Gasteiger partial charge on any atom is 0.255 e. The second kappa shape index (κ2) is 8.98. The number of benzene rings is 3. The van der Waals surface area contributed by atoms with Gasteiger partial charge in [-0.25, -0.2) is 0 Å². The number of amides is 2. The number of rotatable bonds is 5. The Morgan fingerprint density at radius 3 is 2.48 bits per heavy atom. The van der Waals surface area contributed by atoms with Crippen molar-refractivity contribution in [2.45, 2.75) is 32.1 Å². The molecule has 5 heteroatoms. The van der Waals surface area contributed by atoms with Gasteiger partial charge in [0.2, 0.25) is 5.91 Å². The number of nitrogens with one attached hydrogen (secondary N) is 1. The third kappa shape index (κ3) is 4.52. The Balaban J connectivity index is 1.58. The summed E-state index contributed by atoms with van der Waals surface area (Å²) >= 11 is 1.61. The number of thioether (sulfide) groups is 1. The van der Waals surface area contributed by atoms with Crippen LogP contribution in [-0.4, -0.2) is 17.6 Å². The summed E-state index contributed by atoms with van der Waals surface area (Å²) in [5, 5.41) is 2.88. The molecule has 0 spiro atoms. The zero-order chi connectivity index (χ0) is 22.0. The lowest BCUT2D eigenvalue weighted by Crippen LogP contribution is -2.27. The van der Waals surface area contributed by atoms with Gasteiger partial charge in [-0.05, 0) is 59.9 Å². The van der Waals surface area contributed by atoms with Gasteiger partial charge < -0.3 is 5.32 Å². The highest BCUT2D eigenvalue weighted by atomic mass is 32.2. The first kappa shape index (κ1) is 21.2. The summed E-state index contributed by atoms with van der Waals surface area (Å²) in [7, 11) is 0. The first-order valence-electron chi connectivity index (χ1n) is 10.4. The monoisotopic (exact) mass is 430 g/mol. The lowest BCUT2D eigenvalue weighted by atomic mass is 10.0. The molecule has 1 atom stereocenters. The SMILES string of the molecule is Cc1ccccc1C(=O)Nc1cccc([C@H]2SCC(=O)N2c2ccc(C(C)C)cc2)c1. The number of hydrogen-bond donors (Lipinski definition) is 1. The molecule has 4 nitrogen and oxygen atoms in total. The minimum absolute atomic E-state index is 0.0987. The number of nitrogens with zero attached hydrogens (tertiary/aromatic N) is 1. The third-order valence-corrected chi connectivity index (χ3v) is 6.74. The summed E-state index contributed by atoms with van der Waals surface area (Å²) < 4.78 is 0. The highest BCUT2D eigenvalue weighted by Crippen LogP contribution is 2.42. The van der Waals surface area contributed by atoms with E-state index in [1.54, 1.807) is 11.8 Å². The van der Waals surface area contributed by atoms with Gasteiger partial charge in [-0.3, -0.25) is 14.5 Å². The van der Waals surface area contributed by atoms with Crippen LogP contribution in [-0.2, 0) is 4.79 Å². The first-order chi connectivity index (χ1) is 14.9. The molecule has 0 aliphatic carbocycles. The van der Waals surface area contributed by atoms with Gasteiger partial charge in [0.05, 0.1) is 5.75 Å². The van der Waals surface area contributed by atoms with Gasteiger partial charge in [0, 0.05) is 16.9 Å². The van der Waals surface area contributed by atoms with E-state index in [1.165, 1.54) is 5.56 Å². The second-order valence-electron chi connectivity index (χ2n) is 8.07.